The summed E-state index contributed by atoms with van der Waals surface area (Å²) in [6.45, 7) is 6.56. The van der Waals surface area contributed by atoms with Gasteiger partial charge in [-0.3, -0.25) is 0 Å². The second-order valence-electron chi connectivity index (χ2n) is 5.03. The highest BCUT2D eigenvalue weighted by Gasteiger charge is 2.15. The molecule has 0 radical (unpaired) electrons. The molecule has 0 saturated heterocycles. The molecule has 0 unspecified atom stereocenters. The minimum Gasteiger partial charge on any atom is -0.493 e. The van der Waals surface area contributed by atoms with Crippen LogP contribution in [0.25, 0.3) is 10.8 Å². The largest absolute Gasteiger partial charge is 0.493 e. The third-order valence-corrected chi connectivity index (χ3v) is 4.95. The van der Waals surface area contributed by atoms with Gasteiger partial charge in [0, 0.05) is 5.75 Å². The lowest BCUT2D eigenvalue weighted by Gasteiger charge is -2.04. The summed E-state index contributed by atoms with van der Waals surface area (Å²) >= 11 is 3.06. The van der Waals surface area contributed by atoms with Gasteiger partial charge in [0.25, 0.3) is 11.1 Å². The fraction of sp³-hybridized carbons (Fsp3) is 0.312. The molecular weight excluding hydrogens is 330 g/mol. The van der Waals surface area contributed by atoms with Crippen molar-refractivity contribution < 1.29 is 9.15 Å². The molecular formula is C16H17N3O2S2. The SMILES string of the molecule is Cc1ccc(OCCSc2nnc(-c3sc(C)nc3C)o2)cc1. The van der Waals surface area contributed by atoms with Crippen LogP contribution in [0.3, 0.4) is 0 Å². The molecule has 23 heavy (non-hydrogen) atoms. The van der Waals surface area contributed by atoms with Crippen molar-refractivity contribution in [3.63, 3.8) is 0 Å². The maximum absolute atomic E-state index is 5.69. The molecule has 120 valence electrons. The van der Waals surface area contributed by atoms with Crippen molar-refractivity contribution in [1.82, 2.24) is 15.2 Å². The molecule has 0 bridgehead atoms. The smallest absolute Gasteiger partial charge is 0.277 e. The Morgan fingerprint density at radius 3 is 2.61 bits per heavy atom. The predicted octanol–water partition coefficient (Wildman–Crippen LogP) is 4.29. The number of thioether (sulfide) groups is 1. The third-order valence-electron chi connectivity index (χ3n) is 3.10. The molecule has 3 rings (SSSR count). The Labute approximate surface area is 143 Å². The number of aryl methyl sites for hydroxylation is 3. The van der Waals surface area contributed by atoms with Crippen molar-refractivity contribution in [2.45, 2.75) is 26.0 Å². The predicted molar refractivity (Wildman–Crippen MR) is 92.3 cm³/mol. The van der Waals surface area contributed by atoms with E-state index in [1.807, 2.05) is 38.1 Å². The lowest BCUT2D eigenvalue weighted by Crippen LogP contribution is -1.99. The van der Waals surface area contributed by atoms with E-state index in [2.05, 4.69) is 22.1 Å². The lowest BCUT2D eigenvalue weighted by atomic mass is 10.2. The van der Waals surface area contributed by atoms with Crippen LogP contribution in [0.5, 0.6) is 5.75 Å². The van der Waals surface area contributed by atoms with Gasteiger partial charge in [0.1, 0.15) is 10.6 Å². The van der Waals surface area contributed by atoms with E-state index in [0.29, 0.717) is 17.7 Å². The molecule has 0 aliphatic rings. The fourth-order valence-corrected chi connectivity index (χ4v) is 3.43. The zero-order valence-electron chi connectivity index (χ0n) is 13.2. The minimum absolute atomic E-state index is 0.537. The third kappa shape index (κ3) is 4.11. The Bertz CT molecular complexity index is 781. The molecule has 0 atom stereocenters. The maximum Gasteiger partial charge on any atom is 0.277 e. The molecule has 0 aliphatic carbocycles. The van der Waals surface area contributed by atoms with E-state index in [4.69, 9.17) is 9.15 Å². The second kappa shape index (κ2) is 7.14. The van der Waals surface area contributed by atoms with E-state index in [1.54, 1.807) is 11.3 Å². The zero-order chi connectivity index (χ0) is 16.2. The van der Waals surface area contributed by atoms with Crippen LogP contribution in [0, 0.1) is 20.8 Å². The summed E-state index contributed by atoms with van der Waals surface area (Å²) in [5.74, 6) is 2.16. The van der Waals surface area contributed by atoms with Gasteiger partial charge < -0.3 is 9.15 Å². The topological polar surface area (TPSA) is 61.0 Å². The molecule has 5 nitrogen and oxygen atoms in total. The number of benzene rings is 1. The van der Waals surface area contributed by atoms with Gasteiger partial charge in [-0.15, -0.1) is 21.5 Å². The van der Waals surface area contributed by atoms with Crippen molar-refractivity contribution in [3.8, 4) is 16.5 Å². The van der Waals surface area contributed by atoms with Crippen LogP contribution < -0.4 is 4.74 Å². The van der Waals surface area contributed by atoms with E-state index in [0.717, 1.165) is 27.1 Å². The van der Waals surface area contributed by atoms with E-state index < -0.39 is 0 Å². The van der Waals surface area contributed by atoms with Crippen LogP contribution in [0.15, 0.2) is 33.9 Å². The maximum atomic E-state index is 5.69. The summed E-state index contributed by atoms with van der Waals surface area (Å²) in [5, 5.41) is 9.72. The van der Waals surface area contributed by atoms with Crippen molar-refractivity contribution >= 4 is 23.1 Å². The first-order valence-corrected chi connectivity index (χ1v) is 9.02. The highest BCUT2D eigenvalue weighted by Crippen LogP contribution is 2.30. The van der Waals surface area contributed by atoms with E-state index >= 15 is 0 Å². The first-order valence-electron chi connectivity index (χ1n) is 7.22. The highest BCUT2D eigenvalue weighted by atomic mass is 32.2. The van der Waals surface area contributed by atoms with Crippen LogP contribution in [0.2, 0.25) is 0 Å². The number of ether oxygens (including phenoxy) is 1. The normalized spacial score (nSPS) is 10.9. The minimum atomic E-state index is 0.537. The van der Waals surface area contributed by atoms with Crippen LogP contribution in [-0.2, 0) is 0 Å². The number of hydrogen-bond donors (Lipinski definition) is 0. The van der Waals surface area contributed by atoms with Crippen LogP contribution >= 0.6 is 23.1 Å². The lowest BCUT2D eigenvalue weighted by molar-refractivity contribution is 0.343. The molecule has 0 spiro atoms. The first kappa shape index (κ1) is 16.0. The number of nitrogens with zero attached hydrogens (tertiary/aromatic N) is 3. The number of rotatable bonds is 6. The second-order valence-corrected chi connectivity index (χ2v) is 7.28. The molecule has 2 heterocycles. The van der Waals surface area contributed by atoms with Gasteiger partial charge in [-0.05, 0) is 32.9 Å². The summed E-state index contributed by atoms with van der Waals surface area (Å²) in [6, 6.07) is 8.01. The monoisotopic (exact) mass is 347 g/mol. The molecule has 0 saturated carbocycles. The molecule has 0 amide bonds. The van der Waals surface area contributed by atoms with Crippen molar-refractivity contribution in [1.29, 1.82) is 0 Å². The Hall–Kier alpha value is -1.86. The quantitative estimate of drug-likeness (QED) is 0.490. The van der Waals surface area contributed by atoms with Gasteiger partial charge in [-0.2, -0.15) is 0 Å². The molecule has 0 fully saturated rings. The Morgan fingerprint density at radius 1 is 1.13 bits per heavy atom. The number of aromatic nitrogens is 3. The van der Waals surface area contributed by atoms with Gasteiger partial charge in [0.15, 0.2) is 0 Å². The Balaban J connectivity index is 1.51. The highest BCUT2D eigenvalue weighted by molar-refractivity contribution is 7.99. The van der Waals surface area contributed by atoms with Crippen molar-refractivity contribution in [2.75, 3.05) is 12.4 Å². The van der Waals surface area contributed by atoms with Crippen LogP contribution in [0.4, 0.5) is 0 Å². The van der Waals surface area contributed by atoms with E-state index in [9.17, 15) is 0 Å². The number of thiazole rings is 1. The van der Waals surface area contributed by atoms with Gasteiger partial charge in [-0.25, -0.2) is 4.98 Å². The average molecular weight is 347 g/mol. The van der Waals surface area contributed by atoms with Gasteiger partial charge >= 0.3 is 0 Å². The van der Waals surface area contributed by atoms with E-state index in [1.165, 1.54) is 17.3 Å². The molecule has 0 aliphatic heterocycles. The zero-order valence-corrected chi connectivity index (χ0v) is 14.8. The standard InChI is InChI=1S/C16H17N3O2S2/c1-10-4-6-13(7-5-10)20-8-9-22-16-19-18-15(21-16)14-11(2)17-12(3)23-14/h4-7H,8-9H2,1-3H3. The molecule has 1 aromatic carbocycles. The van der Waals surface area contributed by atoms with Crippen molar-refractivity contribution in [3.05, 3.63) is 40.5 Å². The molecule has 0 N–H and O–H groups in total. The molecule has 7 heteroatoms. The van der Waals surface area contributed by atoms with Crippen LogP contribution in [-0.4, -0.2) is 27.5 Å². The summed E-state index contributed by atoms with van der Waals surface area (Å²) in [5.41, 5.74) is 2.15. The summed E-state index contributed by atoms with van der Waals surface area (Å²) in [4.78, 5) is 5.32. The van der Waals surface area contributed by atoms with E-state index in [-0.39, 0.29) is 0 Å². The summed E-state index contributed by atoms with van der Waals surface area (Å²) < 4.78 is 11.4. The molecule has 2 aromatic heterocycles. The fourth-order valence-electron chi connectivity index (χ4n) is 2.01. The Kier molecular flexibility index (Phi) is 4.97. The number of hydrogen-bond acceptors (Lipinski definition) is 7. The Morgan fingerprint density at radius 2 is 1.91 bits per heavy atom. The molecule has 3 aromatic rings. The first-order chi connectivity index (χ1) is 11.1. The van der Waals surface area contributed by atoms with Gasteiger partial charge in [0.05, 0.1) is 17.3 Å². The average Bonchev–Trinajstić information content (AvgIpc) is 3.11. The van der Waals surface area contributed by atoms with Crippen LogP contribution in [0.1, 0.15) is 16.3 Å². The summed E-state index contributed by atoms with van der Waals surface area (Å²) in [6.07, 6.45) is 0. The van der Waals surface area contributed by atoms with Gasteiger partial charge in [-0.1, -0.05) is 29.5 Å². The van der Waals surface area contributed by atoms with Gasteiger partial charge in [0.2, 0.25) is 0 Å². The summed E-state index contributed by atoms with van der Waals surface area (Å²) in [7, 11) is 0. The van der Waals surface area contributed by atoms with Crippen molar-refractivity contribution in [2.24, 2.45) is 0 Å².